The van der Waals surface area contributed by atoms with E-state index in [9.17, 15) is 21.6 Å². The van der Waals surface area contributed by atoms with Crippen molar-refractivity contribution < 1.29 is 25.8 Å². The van der Waals surface area contributed by atoms with Crippen LogP contribution in [0, 0.1) is 0 Å². The molecule has 1 aliphatic rings. The molecule has 0 unspecified atom stereocenters. The maximum atomic E-state index is 12.5. The second-order valence-corrected chi connectivity index (χ2v) is 7.23. The molecule has 0 atom stereocenters. The normalized spacial score (nSPS) is 16.4. The molecule has 0 spiro atoms. The quantitative estimate of drug-likeness (QED) is 0.613. The van der Waals surface area contributed by atoms with Crippen molar-refractivity contribution in [2.75, 3.05) is 18.0 Å². The number of hydrogen-bond acceptors (Lipinski definition) is 4. The molecule has 24 heavy (non-hydrogen) atoms. The van der Waals surface area contributed by atoms with Crippen molar-refractivity contribution in [3.05, 3.63) is 36.4 Å². The van der Waals surface area contributed by atoms with Crippen molar-refractivity contribution in [1.82, 2.24) is 0 Å². The second kappa shape index (κ2) is 6.16. The van der Waals surface area contributed by atoms with Gasteiger partial charge < -0.3 is 9.08 Å². The van der Waals surface area contributed by atoms with Crippen LogP contribution in [0.2, 0.25) is 0 Å². The molecule has 0 radical (unpaired) electrons. The smallest absolute Gasteiger partial charge is 0.375 e. The van der Waals surface area contributed by atoms with Gasteiger partial charge in [0.05, 0.1) is 0 Å². The molecule has 3 rings (SSSR count). The van der Waals surface area contributed by atoms with Gasteiger partial charge in [-0.15, -0.1) is 0 Å². The topological polar surface area (TPSA) is 46.6 Å². The fourth-order valence-electron chi connectivity index (χ4n) is 2.83. The third-order valence-electron chi connectivity index (χ3n) is 4.03. The molecule has 0 amide bonds. The van der Waals surface area contributed by atoms with Crippen LogP contribution in [0.15, 0.2) is 36.4 Å². The van der Waals surface area contributed by atoms with Crippen molar-refractivity contribution in [3.8, 4) is 5.75 Å². The first kappa shape index (κ1) is 16.9. The van der Waals surface area contributed by atoms with Gasteiger partial charge >= 0.3 is 15.6 Å². The predicted octanol–water partition coefficient (Wildman–Crippen LogP) is 4.06. The summed E-state index contributed by atoms with van der Waals surface area (Å²) in [6.07, 6.45) is 3.40. The van der Waals surface area contributed by atoms with Gasteiger partial charge in [0.2, 0.25) is 0 Å². The minimum atomic E-state index is -5.68. The zero-order valence-corrected chi connectivity index (χ0v) is 13.5. The summed E-state index contributed by atoms with van der Waals surface area (Å²) in [4.78, 5) is 2.21. The summed E-state index contributed by atoms with van der Waals surface area (Å²) >= 11 is 0. The first-order valence-electron chi connectivity index (χ1n) is 7.56. The number of fused-ring (bicyclic) bond motifs is 1. The summed E-state index contributed by atoms with van der Waals surface area (Å²) < 4.78 is 64.3. The van der Waals surface area contributed by atoms with Crippen LogP contribution in [0.1, 0.15) is 19.3 Å². The van der Waals surface area contributed by atoms with Crippen LogP contribution in [0.4, 0.5) is 18.9 Å². The molecule has 1 aliphatic heterocycles. The predicted molar refractivity (Wildman–Crippen MR) is 85.6 cm³/mol. The maximum Gasteiger partial charge on any atom is 0.534 e. The van der Waals surface area contributed by atoms with Crippen molar-refractivity contribution in [3.63, 3.8) is 0 Å². The molecule has 0 bridgehead atoms. The molecule has 1 heterocycles. The van der Waals surface area contributed by atoms with Crippen LogP contribution >= 0.6 is 0 Å². The molecule has 2 aromatic carbocycles. The lowest BCUT2D eigenvalue weighted by Crippen LogP contribution is -2.29. The van der Waals surface area contributed by atoms with Gasteiger partial charge in [0, 0.05) is 24.2 Å². The molecule has 130 valence electrons. The lowest BCUT2D eigenvalue weighted by molar-refractivity contribution is -0.0499. The molecule has 8 heteroatoms. The number of nitrogens with zero attached hydrogens (tertiary/aromatic N) is 1. The molecule has 0 aliphatic carbocycles. The maximum absolute atomic E-state index is 12.5. The van der Waals surface area contributed by atoms with E-state index < -0.39 is 15.6 Å². The molecule has 1 saturated heterocycles. The third kappa shape index (κ3) is 3.28. The third-order valence-corrected chi connectivity index (χ3v) is 4.99. The summed E-state index contributed by atoms with van der Waals surface area (Å²) in [5.41, 5.74) is -4.49. The number of piperidine rings is 1. The molecular formula is C16H16F3NO3S. The summed E-state index contributed by atoms with van der Waals surface area (Å²) in [6.45, 7) is 1.87. The number of alkyl halides is 3. The Hall–Kier alpha value is -1.96. The van der Waals surface area contributed by atoms with Gasteiger partial charge in [0.1, 0.15) is 0 Å². The molecule has 0 saturated carbocycles. The van der Waals surface area contributed by atoms with E-state index in [-0.39, 0.29) is 5.75 Å². The van der Waals surface area contributed by atoms with Gasteiger partial charge in [-0.05, 0) is 48.9 Å². The van der Waals surface area contributed by atoms with Crippen LogP contribution in [-0.2, 0) is 10.1 Å². The SMILES string of the molecule is O=S(=O)(Oc1cccc2cc(N3CCCCC3)ccc12)C(F)(F)F. The van der Waals surface area contributed by atoms with Crippen LogP contribution in [-0.4, -0.2) is 27.0 Å². The van der Waals surface area contributed by atoms with E-state index in [0.717, 1.165) is 31.6 Å². The van der Waals surface area contributed by atoms with Crippen LogP contribution in [0.25, 0.3) is 10.8 Å². The van der Waals surface area contributed by atoms with E-state index in [1.54, 1.807) is 18.2 Å². The minimum absolute atomic E-state index is 0.324. The molecule has 4 nitrogen and oxygen atoms in total. The number of hydrogen-bond donors (Lipinski definition) is 0. The summed E-state index contributed by atoms with van der Waals surface area (Å²) in [5, 5.41) is 0.957. The lowest BCUT2D eigenvalue weighted by atomic mass is 10.1. The van der Waals surface area contributed by atoms with E-state index >= 15 is 0 Å². The Morgan fingerprint density at radius 3 is 2.38 bits per heavy atom. The van der Waals surface area contributed by atoms with Gasteiger partial charge in [-0.1, -0.05) is 12.1 Å². The molecule has 0 N–H and O–H groups in total. The van der Waals surface area contributed by atoms with Gasteiger partial charge in [-0.2, -0.15) is 21.6 Å². The zero-order chi connectivity index (χ0) is 17.4. The van der Waals surface area contributed by atoms with E-state index in [2.05, 4.69) is 9.08 Å². The van der Waals surface area contributed by atoms with Gasteiger partial charge in [-0.3, -0.25) is 0 Å². The highest BCUT2D eigenvalue weighted by atomic mass is 32.2. The van der Waals surface area contributed by atoms with E-state index in [1.165, 1.54) is 18.6 Å². The Morgan fingerprint density at radius 1 is 1.00 bits per heavy atom. The van der Waals surface area contributed by atoms with Crippen molar-refractivity contribution in [1.29, 1.82) is 0 Å². The van der Waals surface area contributed by atoms with Crippen molar-refractivity contribution in [2.45, 2.75) is 24.8 Å². The Balaban J connectivity index is 1.96. The lowest BCUT2D eigenvalue weighted by Gasteiger charge is -2.29. The molecular weight excluding hydrogens is 343 g/mol. The Bertz CT molecular complexity index is 843. The summed E-state index contributed by atoms with van der Waals surface area (Å²) in [6, 6.07) is 9.63. The number of benzene rings is 2. The molecule has 0 aromatic heterocycles. The van der Waals surface area contributed by atoms with E-state index in [1.807, 2.05) is 6.07 Å². The van der Waals surface area contributed by atoms with Gasteiger partial charge in [-0.25, -0.2) is 0 Å². The average Bonchev–Trinajstić information content (AvgIpc) is 2.54. The average molecular weight is 359 g/mol. The first-order valence-corrected chi connectivity index (χ1v) is 8.97. The van der Waals surface area contributed by atoms with E-state index in [4.69, 9.17) is 0 Å². The Labute approximate surface area is 138 Å². The van der Waals surface area contributed by atoms with Crippen molar-refractivity contribution >= 4 is 26.6 Å². The summed E-state index contributed by atoms with van der Waals surface area (Å²) in [7, 11) is -5.68. The van der Waals surface area contributed by atoms with Crippen LogP contribution < -0.4 is 9.08 Å². The highest BCUT2D eigenvalue weighted by molar-refractivity contribution is 7.88. The Kier molecular flexibility index (Phi) is 4.33. The number of halogens is 3. The molecule has 2 aromatic rings. The highest BCUT2D eigenvalue weighted by Crippen LogP contribution is 2.33. The molecule has 1 fully saturated rings. The van der Waals surface area contributed by atoms with Crippen LogP contribution in [0.3, 0.4) is 0 Å². The monoisotopic (exact) mass is 359 g/mol. The Morgan fingerprint density at radius 2 is 1.71 bits per heavy atom. The minimum Gasteiger partial charge on any atom is -0.375 e. The van der Waals surface area contributed by atoms with Crippen molar-refractivity contribution in [2.24, 2.45) is 0 Å². The first-order chi connectivity index (χ1) is 11.3. The van der Waals surface area contributed by atoms with E-state index in [0.29, 0.717) is 10.8 Å². The van der Waals surface area contributed by atoms with Crippen LogP contribution in [0.5, 0.6) is 5.75 Å². The fourth-order valence-corrected chi connectivity index (χ4v) is 3.30. The zero-order valence-electron chi connectivity index (χ0n) is 12.7. The highest BCUT2D eigenvalue weighted by Gasteiger charge is 2.48. The number of rotatable bonds is 3. The fraction of sp³-hybridized carbons (Fsp3) is 0.375. The van der Waals surface area contributed by atoms with Gasteiger partial charge in [0.15, 0.2) is 5.75 Å². The number of anilines is 1. The standard InChI is InChI=1S/C16H16F3NO3S/c17-16(18,19)24(21,22)23-15-6-4-5-12-11-13(7-8-14(12)15)20-9-2-1-3-10-20/h4-8,11H,1-3,9-10H2. The largest absolute Gasteiger partial charge is 0.534 e. The summed E-state index contributed by atoms with van der Waals surface area (Å²) in [5.74, 6) is -0.324. The second-order valence-electron chi connectivity index (χ2n) is 5.69. The van der Waals surface area contributed by atoms with Gasteiger partial charge in [0.25, 0.3) is 0 Å².